The van der Waals surface area contributed by atoms with Gasteiger partial charge in [-0.15, -0.1) is 0 Å². The van der Waals surface area contributed by atoms with E-state index in [4.69, 9.17) is 9.72 Å². The fourth-order valence-corrected chi connectivity index (χ4v) is 11.0. The third-order valence-electron chi connectivity index (χ3n) is 11.7. The largest absolute Gasteiger partial charge is 0.379 e. The summed E-state index contributed by atoms with van der Waals surface area (Å²) in [6.45, 7) is -0.434. The van der Waals surface area contributed by atoms with Crippen molar-refractivity contribution in [3.8, 4) is 16.8 Å². The maximum absolute atomic E-state index is 15.5. The van der Waals surface area contributed by atoms with Crippen LogP contribution in [0.2, 0.25) is 0 Å². The van der Waals surface area contributed by atoms with Crippen molar-refractivity contribution in [2.24, 2.45) is 5.92 Å². The van der Waals surface area contributed by atoms with Crippen molar-refractivity contribution in [3.05, 3.63) is 135 Å². The maximum Gasteiger partial charge on any atom is 0.293 e. The molecule has 334 valence electrons. The van der Waals surface area contributed by atoms with Gasteiger partial charge >= 0.3 is 0 Å². The van der Waals surface area contributed by atoms with Gasteiger partial charge in [0, 0.05) is 48.9 Å². The molecule has 1 aliphatic heterocycles. The molecule has 2 aromatic heterocycles. The van der Waals surface area contributed by atoms with Crippen LogP contribution in [0.25, 0.3) is 27.7 Å². The number of alkyl halides is 4. The lowest BCUT2D eigenvalue weighted by Crippen LogP contribution is -2.40. The summed E-state index contributed by atoms with van der Waals surface area (Å²) in [5, 5.41) is 6.32. The molecule has 6 aromatic rings. The van der Waals surface area contributed by atoms with Crippen molar-refractivity contribution in [2.75, 3.05) is 32.6 Å². The molecule has 1 amide bonds. The van der Waals surface area contributed by atoms with Crippen molar-refractivity contribution in [1.29, 1.82) is 0 Å². The predicted molar refractivity (Wildman–Crippen MR) is 218 cm³/mol. The molecule has 1 saturated heterocycles. The van der Waals surface area contributed by atoms with Crippen molar-refractivity contribution >= 4 is 36.7 Å². The van der Waals surface area contributed by atoms with Crippen LogP contribution >= 0.6 is 0 Å². The van der Waals surface area contributed by atoms with Crippen LogP contribution < -0.4 is 10.9 Å². The van der Waals surface area contributed by atoms with Gasteiger partial charge in [0.05, 0.1) is 45.6 Å². The second-order valence-electron chi connectivity index (χ2n) is 15.9. The lowest BCUT2D eigenvalue weighted by molar-refractivity contribution is -0.123. The van der Waals surface area contributed by atoms with Crippen molar-refractivity contribution in [1.82, 2.24) is 29.0 Å². The van der Waals surface area contributed by atoms with E-state index in [0.29, 0.717) is 16.3 Å². The SMILES string of the molecule is CS(=O)(=O)c1ccccc1-c1ccc2c(=O)n(-c3ccc(S(=O)(=O)N4CCOCC4)cc3)c(C(Cc3cc(F)cc(F)c3)NC(=O)Cn3nc(C(F)F)c4c3C(F)(F)[C@H]3C[C@@H]43)nc2c1. The summed E-state index contributed by atoms with van der Waals surface area (Å²) in [5.41, 5.74) is -2.23. The molecule has 64 heavy (non-hydrogen) atoms. The molecule has 3 aliphatic rings. The van der Waals surface area contributed by atoms with Crippen LogP contribution in [0, 0.1) is 17.6 Å². The van der Waals surface area contributed by atoms with Crippen LogP contribution in [0.3, 0.4) is 0 Å². The van der Waals surface area contributed by atoms with Gasteiger partial charge in [0.1, 0.15) is 35.4 Å². The Morgan fingerprint density at radius 1 is 0.938 bits per heavy atom. The van der Waals surface area contributed by atoms with Crippen molar-refractivity contribution in [3.63, 3.8) is 0 Å². The zero-order valence-corrected chi connectivity index (χ0v) is 35.2. The molecule has 2 aliphatic carbocycles. The highest BCUT2D eigenvalue weighted by atomic mass is 32.2. The Morgan fingerprint density at radius 2 is 1.62 bits per heavy atom. The van der Waals surface area contributed by atoms with Gasteiger partial charge in [0.15, 0.2) is 9.84 Å². The number of benzene rings is 4. The molecular formula is C43H36F6N6O7S2. The Morgan fingerprint density at radius 3 is 2.30 bits per heavy atom. The highest BCUT2D eigenvalue weighted by Crippen LogP contribution is 2.68. The Kier molecular flexibility index (Phi) is 10.8. The number of hydrogen-bond donors (Lipinski definition) is 1. The first-order valence-corrected chi connectivity index (χ1v) is 23.2. The maximum atomic E-state index is 15.5. The lowest BCUT2D eigenvalue weighted by atomic mass is 10.0. The van der Waals surface area contributed by atoms with Crippen molar-refractivity contribution in [2.45, 2.75) is 53.5 Å². The molecule has 9 rings (SSSR count). The molecule has 21 heteroatoms. The number of amides is 1. The number of sulfonamides is 1. The predicted octanol–water partition coefficient (Wildman–Crippen LogP) is 6.20. The molecular weight excluding hydrogens is 891 g/mol. The van der Waals surface area contributed by atoms with E-state index in [1.54, 1.807) is 12.1 Å². The number of aromatic nitrogens is 4. The van der Waals surface area contributed by atoms with Gasteiger partial charge < -0.3 is 10.1 Å². The number of hydrogen-bond acceptors (Lipinski definition) is 9. The Bertz CT molecular complexity index is 3140. The van der Waals surface area contributed by atoms with E-state index in [1.807, 2.05) is 0 Å². The summed E-state index contributed by atoms with van der Waals surface area (Å²) in [4.78, 5) is 33.5. The average Bonchev–Trinajstić information content (AvgIpc) is 3.91. The molecule has 1 unspecified atom stereocenters. The first-order valence-electron chi connectivity index (χ1n) is 19.9. The zero-order chi connectivity index (χ0) is 45.5. The second-order valence-corrected chi connectivity index (χ2v) is 19.8. The van der Waals surface area contributed by atoms with Crippen LogP contribution in [0.15, 0.2) is 99.5 Å². The molecule has 0 bridgehead atoms. The summed E-state index contributed by atoms with van der Waals surface area (Å²) < 4.78 is 149. The number of rotatable bonds is 12. The zero-order valence-electron chi connectivity index (χ0n) is 33.5. The minimum atomic E-state index is -4.02. The summed E-state index contributed by atoms with van der Waals surface area (Å²) in [6, 6.07) is 16.5. The molecule has 3 atom stereocenters. The number of halogens is 6. The number of nitrogens with one attached hydrogen (secondary N) is 1. The number of morpholine rings is 1. The number of carbonyl (C=O) groups excluding carboxylic acids is 1. The Hall–Kier alpha value is -5.90. The van der Waals surface area contributed by atoms with E-state index < -0.39 is 97.5 Å². The Balaban J connectivity index is 1.20. The number of carbonyl (C=O) groups is 1. The number of fused-ring (bicyclic) bond motifs is 4. The van der Waals surface area contributed by atoms with Gasteiger partial charge in [-0.05, 0) is 78.1 Å². The fraction of sp³-hybridized carbons (Fsp3) is 0.302. The summed E-state index contributed by atoms with van der Waals surface area (Å²) in [5.74, 6) is -8.99. The standard InChI is InChI=1S/C43H36F6N6O7S2/c1-63(58,59)35-5-3-2-4-29(35)24-6-11-30-33(19-24)51-41(55(42(30)57)27-7-9-28(10-8-27)64(60,61)53-12-14-62-15-13-53)34(18-23-16-25(44)20-26(45)17-23)50-36(56)22-54-39-37(38(52-54)40(46)47)31-21-32(31)43(39,48)49/h2-11,16-17,19-20,31-32,34,40H,12-15,18,21-22H2,1H3,(H,50,56)/t31-,32+,34?/m1/s1. The van der Waals surface area contributed by atoms with Gasteiger partial charge in [-0.25, -0.2) is 39.4 Å². The molecule has 1 saturated carbocycles. The first kappa shape index (κ1) is 43.4. The average molecular weight is 927 g/mol. The molecule has 0 radical (unpaired) electrons. The van der Waals surface area contributed by atoms with Gasteiger partial charge in [0.2, 0.25) is 15.9 Å². The molecule has 3 heterocycles. The molecule has 1 N–H and O–H groups in total. The van der Waals surface area contributed by atoms with Gasteiger partial charge in [-0.3, -0.25) is 18.8 Å². The van der Waals surface area contributed by atoms with Crippen LogP contribution in [-0.4, -0.2) is 78.9 Å². The highest BCUT2D eigenvalue weighted by molar-refractivity contribution is 7.90. The fourth-order valence-electron chi connectivity index (χ4n) is 8.71. The van der Waals surface area contributed by atoms with E-state index in [9.17, 15) is 44.0 Å². The number of ether oxygens (including phenoxy) is 1. The van der Waals surface area contributed by atoms with Gasteiger partial charge in [-0.1, -0.05) is 24.3 Å². The third kappa shape index (κ3) is 7.77. The molecule has 0 spiro atoms. The van der Waals surface area contributed by atoms with Crippen LogP contribution in [0.5, 0.6) is 0 Å². The summed E-state index contributed by atoms with van der Waals surface area (Å²) >= 11 is 0. The minimum Gasteiger partial charge on any atom is -0.379 e. The summed E-state index contributed by atoms with van der Waals surface area (Å²) in [7, 11) is -7.79. The van der Waals surface area contributed by atoms with Crippen molar-refractivity contribution < 1.29 is 52.7 Å². The first-order chi connectivity index (χ1) is 30.3. The number of nitrogens with zero attached hydrogens (tertiary/aromatic N) is 5. The van der Waals surface area contributed by atoms with E-state index in [2.05, 4.69) is 10.4 Å². The monoisotopic (exact) mass is 926 g/mol. The van der Waals surface area contributed by atoms with E-state index in [1.165, 1.54) is 58.9 Å². The topological polar surface area (TPSA) is 163 Å². The molecule has 2 fully saturated rings. The normalized spacial score (nSPS) is 18.8. The van der Waals surface area contributed by atoms with Crippen LogP contribution in [-0.2, 0) is 48.3 Å². The number of sulfone groups is 1. The second kappa shape index (κ2) is 16.0. The molecule has 4 aromatic carbocycles. The summed E-state index contributed by atoms with van der Waals surface area (Å²) in [6.07, 6.45) is -2.70. The highest BCUT2D eigenvalue weighted by Gasteiger charge is 2.67. The Labute approximate surface area is 361 Å². The van der Waals surface area contributed by atoms with Gasteiger partial charge in [-0.2, -0.15) is 18.2 Å². The van der Waals surface area contributed by atoms with E-state index in [-0.39, 0.29) is 81.6 Å². The minimum absolute atomic E-state index is 0.0171. The molecule has 13 nitrogen and oxygen atoms in total. The van der Waals surface area contributed by atoms with Gasteiger partial charge in [0.25, 0.3) is 17.9 Å². The lowest BCUT2D eigenvalue weighted by Gasteiger charge is -2.26. The quantitative estimate of drug-likeness (QED) is 0.141. The third-order valence-corrected chi connectivity index (χ3v) is 14.7. The van der Waals surface area contributed by atoms with E-state index >= 15 is 8.78 Å². The smallest absolute Gasteiger partial charge is 0.293 e. The van der Waals surface area contributed by atoms with Crippen LogP contribution in [0.4, 0.5) is 26.3 Å². The van der Waals surface area contributed by atoms with E-state index in [0.717, 1.165) is 23.0 Å². The van der Waals surface area contributed by atoms with Crippen LogP contribution in [0.1, 0.15) is 53.1 Å².